The molecule has 6 atom stereocenters. The lowest BCUT2D eigenvalue weighted by atomic mass is 9.79. The highest BCUT2D eigenvalue weighted by Gasteiger charge is 2.43. The molecule has 10 heteroatoms. The molecular weight excluding hydrogens is 660 g/mol. The van der Waals surface area contributed by atoms with Crippen LogP contribution in [0.25, 0.3) is 0 Å². The molecular formula is C42H60N2O8. The summed E-state index contributed by atoms with van der Waals surface area (Å²) in [5.74, 6) is 3.66. The third kappa shape index (κ3) is 8.33. The number of rotatable bonds is 13. The smallest absolute Gasteiger partial charge is 0.306 e. The van der Waals surface area contributed by atoms with Crippen LogP contribution in [0, 0.1) is 23.7 Å². The maximum Gasteiger partial charge on any atom is 0.306 e. The molecule has 2 saturated heterocycles. The van der Waals surface area contributed by atoms with E-state index in [4.69, 9.17) is 28.4 Å². The van der Waals surface area contributed by atoms with E-state index < -0.39 is 0 Å². The molecule has 0 N–H and O–H groups in total. The van der Waals surface area contributed by atoms with Crippen LogP contribution in [0.1, 0.15) is 101 Å². The molecule has 0 aliphatic carbocycles. The van der Waals surface area contributed by atoms with Gasteiger partial charge in [-0.3, -0.25) is 19.4 Å². The van der Waals surface area contributed by atoms with E-state index in [1.165, 1.54) is 22.3 Å². The van der Waals surface area contributed by atoms with Gasteiger partial charge in [-0.25, -0.2) is 0 Å². The van der Waals surface area contributed by atoms with Gasteiger partial charge in [0.05, 0.1) is 41.3 Å². The Hall–Kier alpha value is -3.50. The molecule has 4 aliphatic rings. The van der Waals surface area contributed by atoms with Crippen LogP contribution >= 0.6 is 0 Å². The quantitative estimate of drug-likeness (QED) is 0.202. The van der Waals surface area contributed by atoms with Gasteiger partial charge in [0.25, 0.3) is 0 Å². The minimum Gasteiger partial charge on any atom is -0.493 e. The van der Waals surface area contributed by atoms with Crippen LogP contribution < -0.4 is 18.9 Å². The highest BCUT2D eigenvalue weighted by Crippen LogP contribution is 2.46. The van der Waals surface area contributed by atoms with Crippen LogP contribution in [0.3, 0.4) is 0 Å². The van der Waals surface area contributed by atoms with Crippen molar-refractivity contribution in [3.8, 4) is 23.0 Å². The Kier molecular flexibility index (Phi) is 12.3. The number of esters is 2. The number of benzene rings is 2. The van der Waals surface area contributed by atoms with E-state index in [1.54, 1.807) is 28.4 Å². The predicted octanol–water partition coefficient (Wildman–Crippen LogP) is 6.96. The number of piperidine rings is 2. The summed E-state index contributed by atoms with van der Waals surface area (Å²) in [6.07, 6.45) is 4.83. The van der Waals surface area contributed by atoms with Crippen LogP contribution in [0.2, 0.25) is 0 Å². The van der Waals surface area contributed by atoms with Gasteiger partial charge in [-0.2, -0.15) is 0 Å². The number of hydrogen-bond acceptors (Lipinski definition) is 10. The van der Waals surface area contributed by atoms with Gasteiger partial charge in [0.1, 0.15) is 12.2 Å². The van der Waals surface area contributed by atoms with Crippen molar-refractivity contribution in [2.45, 2.75) is 103 Å². The van der Waals surface area contributed by atoms with Gasteiger partial charge in [0, 0.05) is 62.9 Å². The van der Waals surface area contributed by atoms with Crippen LogP contribution in [0.5, 0.6) is 23.0 Å². The lowest BCUT2D eigenvalue weighted by Crippen LogP contribution is -2.49. The molecule has 4 heterocycles. The topological polar surface area (TPSA) is 96.0 Å². The van der Waals surface area contributed by atoms with Gasteiger partial charge in [-0.15, -0.1) is 0 Å². The number of hydrogen-bond donors (Lipinski definition) is 0. The van der Waals surface area contributed by atoms with E-state index in [-0.39, 0.29) is 60.9 Å². The largest absolute Gasteiger partial charge is 0.493 e. The van der Waals surface area contributed by atoms with Crippen molar-refractivity contribution in [1.29, 1.82) is 0 Å². The van der Waals surface area contributed by atoms with Crippen molar-refractivity contribution in [3.05, 3.63) is 46.5 Å². The first-order valence-corrected chi connectivity index (χ1v) is 19.4. The Balaban J connectivity index is 1.11. The standard InChI is InChI=1S/C42H60N2O8/c1-25(2)15-29-23-43-13-11-27-17-37(47-5)39(49-7)19-31(27)33(43)21-35(29)51-41(45)9-10-42(46)52-36-22-34-32-20-40(50-8)38(48-6)18-28(32)12-14-44(34)24-30(36)16-26(3)4/h17-20,25-26,29-30,33-36H,9-16,21-24H2,1-8H3/t29-,30-,33-,34-,35-,36-/m1/s1. The van der Waals surface area contributed by atoms with Crippen LogP contribution in [0.15, 0.2) is 24.3 Å². The summed E-state index contributed by atoms with van der Waals surface area (Å²) in [7, 11) is 6.66. The third-order valence-electron chi connectivity index (χ3n) is 11.8. The van der Waals surface area contributed by atoms with Gasteiger partial charge in [-0.05, 0) is 84.0 Å². The van der Waals surface area contributed by atoms with Crippen LogP contribution in [-0.2, 0) is 31.9 Å². The lowest BCUT2D eigenvalue weighted by molar-refractivity contribution is -0.164. The number of ether oxygens (including phenoxy) is 6. The Labute approximate surface area is 310 Å². The van der Waals surface area contributed by atoms with Crippen molar-refractivity contribution in [2.24, 2.45) is 23.7 Å². The molecule has 0 spiro atoms. The fourth-order valence-corrected chi connectivity index (χ4v) is 9.42. The second-order valence-electron chi connectivity index (χ2n) is 16.1. The minimum atomic E-state index is -0.330. The van der Waals surface area contributed by atoms with E-state index >= 15 is 0 Å². The summed E-state index contributed by atoms with van der Waals surface area (Å²) < 4.78 is 35.0. The van der Waals surface area contributed by atoms with Crippen molar-refractivity contribution >= 4 is 11.9 Å². The molecule has 0 radical (unpaired) electrons. The SMILES string of the molecule is COc1cc2c(cc1OC)[C@H]1C[C@@H](OC(=O)CCC(=O)O[C@@H]3C[C@@H]4c5cc(OC)c(OC)cc5CCN4C[C@H]3CC(C)C)[C@H](CC(C)C)CN1CC2. The molecule has 10 nitrogen and oxygen atoms in total. The monoisotopic (exact) mass is 720 g/mol. The van der Waals surface area contributed by atoms with Crippen molar-refractivity contribution < 1.29 is 38.0 Å². The van der Waals surface area contributed by atoms with Gasteiger partial charge < -0.3 is 28.4 Å². The average molecular weight is 721 g/mol. The Morgan fingerprint density at radius 1 is 0.615 bits per heavy atom. The zero-order valence-corrected chi connectivity index (χ0v) is 32.6. The molecule has 286 valence electrons. The van der Waals surface area contributed by atoms with E-state index in [1.807, 2.05) is 0 Å². The van der Waals surface area contributed by atoms with Crippen LogP contribution in [-0.4, -0.2) is 88.6 Å². The van der Waals surface area contributed by atoms with Gasteiger partial charge >= 0.3 is 11.9 Å². The van der Waals surface area contributed by atoms with Gasteiger partial charge in [0.2, 0.25) is 0 Å². The fourth-order valence-electron chi connectivity index (χ4n) is 9.42. The van der Waals surface area contributed by atoms with E-state index in [2.05, 4.69) is 61.8 Å². The molecule has 0 aromatic heterocycles. The summed E-state index contributed by atoms with van der Waals surface area (Å²) in [4.78, 5) is 32.0. The molecule has 2 aromatic rings. The first-order valence-electron chi connectivity index (χ1n) is 19.4. The fraction of sp³-hybridized carbons (Fsp3) is 0.667. The number of methoxy groups -OCH3 is 4. The Bertz CT molecular complexity index is 1460. The van der Waals surface area contributed by atoms with E-state index in [0.717, 1.165) is 63.4 Å². The molecule has 52 heavy (non-hydrogen) atoms. The zero-order chi connectivity index (χ0) is 37.1. The maximum atomic E-state index is 13.5. The molecule has 0 amide bonds. The summed E-state index contributed by atoms with van der Waals surface area (Å²) in [6.45, 7) is 12.5. The molecule has 0 saturated carbocycles. The predicted molar refractivity (Wildman–Crippen MR) is 199 cm³/mol. The maximum absolute atomic E-state index is 13.5. The number of carbonyl (C=O) groups excluding carboxylic acids is 2. The van der Waals surface area contributed by atoms with Gasteiger partial charge in [0.15, 0.2) is 23.0 Å². The third-order valence-corrected chi connectivity index (χ3v) is 11.8. The van der Waals surface area contributed by atoms with Crippen LogP contribution in [0.4, 0.5) is 0 Å². The molecule has 0 bridgehead atoms. The number of carbonyl (C=O) groups is 2. The van der Waals surface area contributed by atoms with E-state index in [9.17, 15) is 9.59 Å². The van der Waals surface area contributed by atoms with E-state index in [0.29, 0.717) is 36.2 Å². The number of nitrogens with zero attached hydrogens (tertiary/aromatic N) is 2. The molecule has 0 unspecified atom stereocenters. The molecule has 4 aliphatic heterocycles. The average Bonchev–Trinajstić information content (AvgIpc) is 3.12. The lowest BCUT2D eigenvalue weighted by Gasteiger charge is -2.47. The summed E-state index contributed by atoms with van der Waals surface area (Å²) in [5.41, 5.74) is 4.95. The molecule has 2 fully saturated rings. The zero-order valence-electron chi connectivity index (χ0n) is 32.6. The second kappa shape index (κ2) is 16.7. The minimum absolute atomic E-state index is 0.0106. The molecule has 2 aromatic carbocycles. The second-order valence-corrected chi connectivity index (χ2v) is 16.1. The number of fused-ring (bicyclic) bond motifs is 6. The highest BCUT2D eigenvalue weighted by atomic mass is 16.6. The van der Waals surface area contributed by atoms with Crippen molar-refractivity contribution in [1.82, 2.24) is 9.80 Å². The van der Waals surface area contributed by atoms with Gasteiger partial charge in [-0.1, -0.05) is 27.7 Å². The van der Waals surface area contributed by atoms with Crippen molar-refractivity contribution in [3.63, 3.8) is 0 Å². The Morgan fingerprint density at radius 2 is 0.981 bits per heavy atom. The summed E-state index contributed by atoms with van der Waals surface area (Å²) in [6, 6.07) is 8.64. The first-order chi connectivity index (χ1) is 25.0. The Morgan fingerprint density at radius 3 is 1.33 bits per heavy atom. The summed E-state index contributed by atoms with van der Waals surface area (Å²) >= 11 is 0. The van der Waals surface area contributed by atoms with Crippen molar-refractivity contribution in [2.75, 3.05) is 54.6 Å². The highest BCUT2D eigenvalue weighted by molar-refractivity contribution is 5.78. The summed E-state index contributed by atoms with van der Waals surface area (Å²) in [5, 5.41) is 0. The normalized spacial score (nSPS) is 25.7. The first kappa shape index (κ1) is 38.2. The molecule has 6 rings (SSSR count).